The molecule has 0 aromatic heterocycles. The lowest BCUT2D eigenvalue weighted by atomic mass is 9.85. The predicted octanol–water partition coefficient (Wildman–Crippen LogP) is 2.60. The molecule has 2 rings (SSSR count). The van der Waals surface area contributed by atoms with Crippen LogP contribution in [0.3, 0.4) is 0 Å². The van der Waals surface area contributed by atoms with Crippen LogP contribution in [0.4, 0.5) is 18.0 Å². The van der Waals surface area contributed by atoms with E-state index in [-0.39, 0.29) is 24.4 Å². The lowest BCUT2D eigenvalue weighted by molar-refractivity contribution is -0.123. The Hall–Kier alpha value is -2.25. The smallest absolute Gasteiger partial charge is 0.407 e. The van der Waals surface area contributed by atoms with Gasteiger partial charge in [0.25, 0.3) is 0 Å². The fraction of sp³-hybridized carbons (Fsp3) is 0.500. The van der Waals surface area contributed by atoms with E-state index in [2.05, 4.69) is 10.6 Å². The Balaban J connectivity index is 2.25. The zero-order valence-electron chi connectivity index (χ0n) is 13.6. The van der Waals surface area contributed by atoms with E-state index >= 15 is 0 Å². The summed E-state index contributed by atoms with van der Waals surface area (Å²) in [7, 11) is 0. The lowest BCUT2D eigenvalue weighted by Crippen LogP contribution is -2.53. The maximum atomic E-state index is 14.0. The second kappa shape index (κ2) is 6.70. The molecule has 1 heterocycles. The highest BCUT2D eigenvalue weighted by atomic mass is 19.2. The van der Waals surface area contributed by atoms with E-state index in [1.165, 1.54) is 0 Å². The summed E-state index contributed by atoms with van der Waals surface area (Å²) in [4.78, 5) is 23.5. The van der Waals surface area contributed by atoms with E-state index in [9.17, 15) is 22.8 Å². The van der Waals surface area contributed by atoms with E-state index < -0.39 is 41.1 Å². The molecule has 1 aliphatic heterocycles. The summed E-state index contributed by atoms with van der Waals surface area (Å²) in [5.74, 6) is -4.70. The van der Waals surface area contributed by atoms with Crippen molar-refractivity contribution < 1.29 is 27.5 Å². The first kappa shape index (κ1) is 18.1. The zero-order valence-corrected chi connectivity index (χ0v) is 13.6. The number of hydrogen-bond donors (Lipinski definition) is 2. The topological polar surface area (TPSA) is 67.4 Å². The first-order valence-electron chi connectivity index (χ1n) is 7.47. The summed E-state index contributed by atoms with van der Waals surface area (Å²) in [5, 5.41) is 5.09. The van der Waals surface area contributed by atoms with Crippen LogP contribution in [-0.2, 0) is 9.53 Å². The number of ether oxygens (including phenoxy) is 1. The van der Waals surface area contributed by atoms with E-state index in [0.29, 0.717) is 6.07 Å². The monoisotopic (exact) mass is 344 g/mol. The Labute approximate surface area is 137 Å². The van der Waals surface area contributed by atoms with Gasteiger partial charge in [-0.2, -0.15) is 0 Å². The van der Waals surface area contributed by atoms with Crippen LogP contribution in [-0.4, -0.2) is 30.2 Å². The first-order valence-corrected chi connectivity index (χ1v) is 7.47. The number of hydrogen-bond acceptors (Lipinski definition) is 3. The molecule has 1 unspecified atom stereocenters. The average molecular weight is 344 g/mol. The molecule has 1 aromatic rings. The maximum absolute atomic E-state index is 14.0. The van der Waals surface area contributed by atoms with Crippen molar-refractivity contribution >= 4 is 12.0 Å². The van der Waals surface area contributed by atoms with Crippen molar-refractivity contribution in [3.05, 3.63) is 35.1 Å². The number of benzene rings is 1. The Morgan fingerprint density at radius 3 is 2.46 bits per heavy atom. The molecule has 2 atom stereocenters. The molecule has 1 saturated heterocycles. The maximum Gasteiger partial charge on any atom is 0.407 e. The van der Waals surface area contributed by atoms with Crippen molar-refractivity contribution in [1.29, 1.82) is 0 Å². The predicted molar refractivity (Wildman–Crippen MR) is 79.8 cm³/mol. The number of alkyl carbamates (subject to hydrolysis) is 1. The number of rotatable bonds is 2. The minimum Gasteiger partial charge on any atom is -0.444 e. The molecular formula is C16H19F3N2O3. The van der Waals surface area contributed by atoms with Gasteiger partial charge in [-0.15, -0.1) is 0 Å². The van der Waals surface area contributed by atoms with Gasteiger partial charge in [0.05, 0.1) is 6.04 Å². The molecule has 5 nitrogen and oxygen atoms in total. The van der Waals surface area contributed by atoms with Gasteiger partial charge in [0.2, 0.25) is 5.91 Å². The Morgan fingerprint density at radius 1 is 1.21 bits per heavy atom. The second-order valence-electron chi connectivity index (χ2n) is 6.66. The molecule has 24 heavy (non-hydrogen) atoms. The van der Waals surface area contributed by atoms with Crippen LogP contribution in [0.15, 0.2) is 12.1 Å². The third-order valence-electron chi connectivity index (χ3n) is 3.55. The van der Waals surface area contributed by atoms with Gasteiger partial charge >= 0.3 is 6.09 Å². The molecule has 0 aliphatic carbocycles. The van der Waals surface area contributed by atoms with Gasteiger partial charge in [-0.3, -0.25) is 4.79 Å². The number of piperidine rings is 1. The average Bonchev–Trinajstić information content (AvgIpc) is 2.43. The summed E-state index contributed by atoms with van der Waals surface area (Å²) in [6, 6.07) is 0.441. The third-order valence-corrected chi connectivity index (χ3v) is 3.55. The molecule has 1 aliphatic rings. The SMILES string of the molecule is CC(C)(C)OC(=O)NC1CNC(=O)C[C@@H]1c1cc(F)c(F)cc1F. The highest BCUT2D eigenvalue weighted by Crippen LogP contribution is 2.30. The number of carbonyl (C=O) groups excluding carboxylic acids is 2. The van der Waals surface area contributed by atoms with Gasteiger partial charge in [0.15, 0.2) is 11.6 Å². The molecule has 1 fully saturated rings. The number of amides is 2. The summed E-state index contributed by atoms with van der Waals surface area (Å²) < 4.78 is 45.8. The summed E-state index contributed by atoms with van der Waals surface area (Å²) in [6.45, 7) is 5.08. The minimum atomic E-state index is -1.31. The van der Waals surface area contributed by atoms with Gasteiger partial charge in [-0.25, -0.2) is 18.0 Å². The Bertz CT molecular complexity index is 659. The van der Waals surface area contributed by atoms with Crippen molar-refractivity contribution in [2.45, 2.75) is 44.8 Å². The molecule has 0 bridgehead atoms. The second-order valence-corrected chi connectivity index (χ2v) is 6.66. The molecule has 8 heteroatoms. The van der Waals surface area contributed by atoms with Gasteiger partial charge in [-0.05, 0) is 32.4 Å². The van der Waals surface area contributed by atoms with Crippen LogP contribution in [0.1, 0.15) is 38.7 Å². The summed E-state index contributed by atoms with van der Waals surface area (Å²) >= 11 is 0. The van der Waals surface area contributed by atoms with Gasteiger partial charge in [-0.1, -0.05) is 0 Å². The van der Waals surface area contributed by atoms with Crippen molar-refractivity contribution in [1.82, 2.24) is 10.6 Å². The first-order chi connectivity index (χ1) is 11.1. The molecule has 1 aromatic carbocycles. The van der Waals surface area contributed by atoms with Crippen LogP contribution in [0.2, 0.25) is 0 Å². The van der Waals surface area contributed by atoms with E-state index in [0.717, 1.165) is 6.07 Å². The fourth-order valence-corrected chi connectivity index (χ4v) is 2.54. The highest BCUT2D eigenvalue weighted by molar-refractivity contribution is 5.79. The molecular weight excluding hydrogens is 325 g/mol. The minimum absolute atomic E-state index is 0.0289. The number of nitrogens with one attached hydrogen (secondary N) is 2. The zero-order chi connectivity index (χ0) is 18.1. The largest absolute Gasteiger partial charge is 0.444 e. The normalized spacial score (nSPS) is 21.2. The van der Waals surface area contributed by atoms with Crippen molar-refractivity contribution in [3.8, 4) is 0 Å². The van der Waals surface area contributed by atoms with Crippen molar-refractivity contribution in [3.63, 3.8) is 0 Å². The van der Waals surface area contributed by atoms with Crippen molar-refractivity contribution in [2.24, 2.45) is 0 Å². The van der Waals surface area contributed by atoms with Gasteiger partial charge < -0.3 is 15.4 Å². The number of halogens is 3. The quantitative estimate of drug-likeness (QED) is 0.811. The van der Waals surface area contributed by atoms with E-state index in [4.69, 9.17) is 4.74 Å². The highest BCUT2D eigenvalue weighted by Gasteiger charge is 2.34. The summed E-state index contributed by atoms with van der Waals surface area (Å²) in [5.41, 5.74) is -0.894. The van der Waals surface area contributed by atoms with E-state index in [1.54, 1.807) is 20.8 Å². The number of carbonyl (C=O) groups is 2. The summed E-state index contributed by atoms with van der Waals surface area (Å²) in [6.07, 6.45) is -0.903. The lowest BCUT2D eigenvalue weighted by Gasteiger charge is -2.33. The third kappa shape index (κ3) is 4.39. The molecule has 0 radical (unpaired) electrons. The van der Waals surface area contributed by atoms with Gasteiger partial charge in [0.1, 0.15) is 11.4 Å². The molecule has 132 valence electrons. The fourth-order valence-electron chi connectivity index (χ4n) is 2.54. The van der Waals surface area contributed by atoms with Gasteiger partial charge in [0, 0.05) is 24.9 Å². The van der Waals surface area contributed by atoms with Crippen LogP contribution in [0, 0.1) is 17.5 Å². The van der Waals surface area contributed by atoms with E-state index in [1.807, 2.05) is 0 Å². The molecule has 2 N–H and O–H groups in total. The van der Waals surface area contributed by atoms with Crippen LogP contribution in [0.5, 0.6) is 0 Å². The van der Waals surface area contributed by atoms with Crippen LogP contribution >= 0.6 is 0 Å². The van der Waals surface area contributed by atoms with Crippen LogP contribution in [0.25, 0.3) is 0 Å². The van der Waals surface area contributed by atoms with Crippen molar-refractivity contribution in [2.75, 3.05) is 6.54 Å². The molecule has 0 saturated carbocycles. The molecule has 0 spiro atoms. The standard InChI is InChI=1S/C16H19F3N2O3/c1-16(2,3)24-15(23)21-13-7-20-14(22)5-9(13)8-4-11(18)12(19)6-10(8)17/h4,6,9,13H,5,7H2,1-3H3,(H,20,22)(H,21,23)/t9-,13?/m1/s1. The molecule has 2 amide bonds. The van der Waals surface area contributed by atoms with Crippen LogP contribution < -0.4 is 10.6 Å². The Kier molecular flexibility index (Phi) is 5.05. The Morgan fingerprint density at radius 2 is 1.83 bits per heavy atom.